The molecule has 0 saturated carbocycles. The van der Waals surface area contributed by atoms with Gasteiger partial charge in [-0.1, -0.05) is 20.8 Å². The largest absolute Gasteiger partial charge is 0.506 e. The number of aryl methyl sites for hydroxylation is 1. The van der Waals surface area contributed by atoms with E-state index in [1.807, 2.05) is 13.8 Å². The Bertz CT molecular complexity index is 474. The lowest BCUT2D eigenvalue weighted by molar-refractivity contribution is 0.287. The van der Waals surface area contributed by atoms with Crippen molar-refractivity contribution < 1.29 is 5.11 Å². The third-order valence-electron chi connectivity index (χ3n) is 4.16. The van der Waals surface area contributed by atoms with Gasteiger partial charge in [-0.3, -0.25) is 0 Å². The zero-order valence-electron chi connectivity index (χ0n) is 12.3. The molecule has 3 nitrogen and oxygen atoms in total. The van der Waals surface area contributed by atoms with Crippen molar-refractivity contribution in [1.29, 1.82) is 0 Å². The van der Waals surface area contributed by atoms with Crippen molar-refractivity contribution in [2.24, 2.45) is 5.41 Å². The summed E-state index contributed by atoms with van der Waals surface area (Å²) in [4.78, 5) is 6.88. The van der Waals surface area contributed by atoms with Crippen LogP contribution in [0.1, 0.15) is 44.0 Å². The second kappa shape index (κ2) is 4.15. The number of nitrogens with zero attached hydrogens (tertiary/aromatic N) is 2. The highest BCUT2D eigenvalue weighted by molar-refractivity contribution is 5.58. The molecule has 2 heterocycles. The number of aromatic nitrogens is 1. The molecule has 0 saturated heterocycles. The van der Waals surface area contributed by atoms with Gasteiger partial charge in [-0.25, -0.2) is 4.98 Å². The first-order valence-electron chi connectivity index (χ1n) is 6.65. The first-order valence-corrected chi connectivity index (χ1v) is 6.65. The lowest BCUT2D eigenvalue weighted by Gasteiger charge is -2.43. The van der Waals surface area contributed by atoms with Crippen LogP contribution < -0.4 is 4.90 Å². The molecule has 2 rings (SSSR count). The highest BCUT2D eigenvalue weighted by atomic mass is 16.3. The van der Waals surface area contributed by atoms with Gasteiger partial charge in [0, 0.05) is 18.7 Å². The van der Waals surface area contributed by atoms with E-state index in [0.717, 1.165) is 29.9 Å². The lowest BCUT2D eigenvalue weighted by Crippen LogP contribution is -2.45. The van der Waals surface area contributed by atoms with Gasteiger partial charge >= 0.3 is 0 Å². The molecule has 100 valence electrons. The Morgan fingerprint density at radius 2 is 1.89 bits per heavy atom. The maximum Gasteiger partial charge on any atom is 0.140 e. The number of rotatable bonds is 0. The van der Waals surface area contributed by atoms with E-state index in [-0.39, 0.29) is 5.41 Å². The minimum atomic E-state index is 0.244. The number of pyridine rings is 1. The Labute approximate surface area is 110 Å². The maximum absolute atomic E-state index is 9.99. The van der Waals surface area contributed by atoms with Crippen LogP contribution in [-0.4, -0.2) is 23.2 Å². The van der Waals surface area contributed by atoms with Crippen molar-refractivity contribution in [1.82, 2.24) is 4.98 Å². The summed E-state index contributed by atoms with van der Waals surface area (Å²) in [6.07, 6.45) is 2.13. The quantitative estimate of drug-likeness (QED) is 0.766. The minimum Gasteiger partial charge on any atom is -0.506 e. The van der Waals surface area contributed by atoms with Crippen LogP contribution >= 0.6 is 0 Å². The predicted octanol–water partition coefficient (Wildman–Crippen LogP) is 3.20. The average Bonchev–Trinajstić information content (AvgIpc) is 2.26. The molecule has 0 aliphatic carbocycles. The smallest absolute Gasteiger partial charge is 0.140 e. The molecule has 1 atom stereocenters. The van der Waals surface area contributed by atoms with Crippen molar-refractivity contribution >= 4 is 5.82 Å². The van der Waals surface area contributed by atoms with E-state index < -0.39 is 0 Å². The Morgan fingerprint density at radius 1 is 1.28 bits per heavy atom. The van der Waals surface area contributed by atoms with Crippen LogP contribution in [0, 0.1) is 19.3 Å². The van der Waals surface area contributed by atoms with Gasteiger partial charge in [0.25, 0.3) is 0 Å². The van der Waals surface area contributed by atoms with E-state index in [0.29, 0.717) is 11.8 Å². The topological polar surface area (TPSA) is 36.4 Å². The number of fused-ring (bicyclic) bond motifs is 1. The maximum atomic E-state index is 9.99. The summed E-state index contributed by atoms with van der Waals surface area (Å²) in [5.41, 5.74) is 3.18. The normalized spacial score (nSPS) is 19.9. The Balaban J connectivity index is 2.51. The van der Waals surface area contributed by atoms with Crippen LogP contribution in [0.2, 0.25) is 0 Å². The van der Waals surface area contributed by atoms with Gasteiger partial charge in [-0.2, -0.15) is 0 Å². The van der Waals surface area contributed by atoms with E-state index in [2.05, 4.69) is 37.7 Å². The van der Waals surface area contributed by atoms with E-state index in [1.165, 1.54) is 5.56 Å². The van der Waals surface area contributed by atoms with Gasteiger partial charge in [0.1, 0.15) is 11.6 Å². The minimum absolute atomic E-state index is 0.244. The lowest BCUT2D eigenvalue weighted by atomic mass is 9.79. The van der Waals surface area contributed by atoms with Gasteiger partial charge in [0.2, 0.25) is 0 Å². The molecular formula is C15H24N2O. The van der Waals surface area contributed by atoms with Crippen LogP contribution in [0.15, 0.2) is 0 Å². The van der Waals surface area contributed by atoms with E-state index in [4.69, 9.17) is 0 Å². The second-order valence-electron chi connectivity index (χ2n) is 6.50. The molecule has 0 aromatic carbocycles. The summed E-state index contributed by atoms with van der Waals surface area (Å²) < 4.78 is 0. The fourth-order valence-electron chi connectivity index (χ4n) is 3.09. The van der Waals surface area contributed by atoms with Crippen molar-refractivity contribution in [3.05, 3.63) is 16.8 Å². The van der Waals surface area contributed by atoms with E-state index in [9.17, 15) is 5.11 Å². The third-order valence-corrected chi connectivity index (χ3v) is 4.16. The number of anilines is 1. The monoisotopic (exact) mass is 248 g/mol. The number of aromatic hydroxyl groups is 1. The van der Waals surface area contributed by atoms with Crippen LogP contribution in [0.5, 0.6) is 5.75 Å². The molecule has 0 amide bonds. The van der Waals surface area contributed by atoms with Crippen molar-refractivity contribution in [2.75, 3.05) is 11.9 Å². The summed E-state index contributed by atoms with van der Waals surface area (Å²) >= 11 is 0. The molecule has 1 aromatic heterocycles. The van der Waals surface area contributed by atoms with Crippen molar-refractivity contribution in [2.45, 2.75) is 53.5 Å². The molecule has 18 heavy (non-hydrogen) atoms. The molecule has 1 aliphatic rings. The van der Waals surface area contributed by atoms with E-state index in [1.54, 1.807) is 0 Å². The Morgan fingerprint density at radius 3 is 2.44 bits per heavy atom. The van der Waals surface area contributed by atoms with E-state index >= 15 is 0 Å². The molecule has 0 radical (unpaired) electrons. The zero-order valence-corrected chi connectivity index (χ0v) is 12.3. The van der Waals surface area contributed by atoms with Crippen LogP contribution in [0.4, 0.5) is 5.82 Å². The van der Waals surface area contributed by atoms with Crippen LogP contribution in [-0.2, 0) is 6.42 Å². The fourth-order valence-corrected chi connectivity index (χ4v) is 3.09. The summed E-state index contributed by atoms with van der Waals surface area (Å²) in [6.45, 7) is 10.7. The molecule has 0 bridgehead atoms. The molecule has 0 fully saturated rings. The van der Waals surface area contributed by atoms with Gasteiger partial charge in [-0.15, -0.1) is 0 Å². The molecule has 1 aromatic rings. The molecule has 1 N–H and O–H groups in total. The summed E-state index contributed by atoms with van der Waals surface area (Å²) in [5, 5.41) is 9.99. The second-order valence-corrected chi connectivity index (χ2v) is 6.50. The van der Waals surface area contributed by atoms with Crippen molar-refractivity contribution in [3.8, 4) is 5.75 Å². The standard InChI is InChI=1S/C15H24N2O/c1-9-11-7-8-12(15(3,4)5)17(6)14(11)16-10(2)13(9)18/h12,18H,7-8H2,1-6H3. The number of hydrogen-bond acceptors (Lipinski definition) is 3. The summed E-state index contributed by atoms with van der Waals surface area (Å²) in [6, 6.07) is 0.501. The van der Waals surface area contributed by atoms with Gasteiger partial charge in [-0.05, 0) is 37.7 Å². The molecule has 1 aliphatic heterocycles. The fraction of sp³-hybridized carbons (Fsp3) is 0.667. The highest BCUT2D eigenvalue weighted by Gasteiger charge is 2.34. The SMILES string of the molecule is Cc1nc2c(c(C)c1O)CCC(C(C)(C)C)N2C. The zero-order chi connectivity index (χ0) is 13.7. The Kier molecular flexibility index (Phi) is 3.04. The van der Waals surface area contributed by atoms with Crippen LogP contribution in [0.25, 0.3) is 0 Å². The van der Waals surface area contributed by atoms with Gasteiger partial charge in [0.15, 0.2) is 0 Å². The first-order chi connectivity index (χ1) is 8.23. The summed E-state index contributed by atoms with van der Waals surface area (Å²) in [7, 11) is 2.12. The summed E-state index contributed by atoms with van der Waals surface area (Å²) in [5.74, 6) is 1.41. The number of hydrogen-bond donors (Lipinski definition) is 1. The molecular weight excluding hydrogens is 224 g/mol. The van der Waals surface area contributed by atoms with Gasteiger partial charge in [0.05, 0.1) is 5.69 Å². The molecule has 3 heteroatoms. The Hall–Kier alpha value is -1.25. The molecule has 0 spiro atoms. The van der Waals surface area contributed by atoms with Crippen LogP contribution in [0.3, 0.4) is 0 Å². The first kappa shape index (κ1) is 13.2. The average molecular weight is 248 g/mol. The predicted molar refractivity (Wildman–Crippen MR) is 75.3 cm³/mol. The highest BCUT2D eigenvalue weighted by Crippen LogP contribution is 2.39. The molecule has 1 unspecified atom stereocenters. The van der Waals surface area contributed by atoms with Crippen molar-refractivity contribution in [3.63, 3.8) is 0 Å². The third kappa shape index (κ3) is 1.96. The van der Waals surface area contributed by atoms with Gasteiger partial charge < -0.3 is 10.0 Å².